The predicted molar refractivity (Wildman–Crippen MR) is 77.3 cm³/mol. The first-order valence-electron chi connectivity index (χ1n) is 6.09. The van der Waals surface area contributed by atoms with Crippen LogP contribution in [-0.2, 0) is 6.54 Å². The van der Waals surface area contributed by atoms with Crippen molar-refractivity contribution in [3.05, 3.63) is 10.7 Å². The third-order valence-electron chi connectivity index (χ3n) is 2.74. The summed E-state index contributed by atoms with van der Waals surface area (Å²) in [5.41, 5.74) is 1.05. The number of thiazole rings is 1. The molecule has 2 aromatic heterocycles. The molecule has 6 heteroatoms. The Labute approximate surface area is 116 Å². The van der Waals surface area contributed by atoms with E-state index in [2.05, 4.69) is 26.7 Å². The molecule has 0 spiro atoms. The molecule has 2 heterocycles. The molecule has 0 fully saturated rings. The van der Waals surface area contributed by atoms with Crippen molar-refractivity contribution in [1.29, 1.82) is 0 Å². The van der Waals surface area contributed by atoms with Crippen LogP contribution in [0.25, 0.3) is 10.7 Å². The topological polar surface area (TPSA) is 43.6 Å². The molecular weight excluding hydrogens is 264 g/mol. The van der Waals surface area contributed by atoms with Crippen LogP contribution >= 0.6 is 23.1 Å². The summed E-state index contributed by atoms with van der Waals surface area (Å²) in [7, 11) is 0. The minimum absolute atomic E-state index is 0.968. The monoisotopic (exact) mass is 282 g/mol. The minimum atomic E-state index is 0.968. The fourth-order valence-electron chi connectivity index (χ4n) is 1.86. The maximum Gasteiger partial charge on any atom is 0.191 e. The molecule has 2 rings (SSSR count). The number of hydrogen-bond acceptors (Lipinski definition) is 5. The average molecular weight is 282 g/mol. The highest BCUT2D eigenvalue weighted by Crippen LogP contribution is 2.30. The van der Waals surface area contributed by atoms with E-state index in [1.165, 1.54) is 6.42 Å². The SMILES string of the molecule is CCCCn1c(SC)nnc1-c1sc(C)nc1C. The first-order chi connectivity index (χ1) is 8.67. The normalized spacial score (nSPS) is 11.1. The summed E-state index contributed by atoms with van der Waals surface area (Å²) >= 11 is 3.34. The molecule has 0 amide bonds. The molecule has 0 bridgehead atoms. The van der Waals surface area contributed by atoms with E-state index < -0.39 is 0 Å². The summed E-state index contributed by atoms with van der Waals surface area (Å²) < 4.78 is 2.22. The number of hydrogen-bond donors (Lipinski definition) is 0. The molecule has 0 N–H and O–H groups in total. The van der Waals surface area contributed by atoms with Gasteiger partial charge in [-0.25, -0.2) is 4.98 Å². The number of aryl methyl sites for hydroxylation is 2. The number of nitrogens with zero attached hydrogens (tertiary/aromatic N) is 4. The van der Waals surface area contributed by atoms with Gasteiger partial charge in [0, 0.05) is 6.54 Å². The fraction of sp³-hybridized carbons (Fsp3) is 0.583. The lowest BCUT2D eigenvalue weighted by Gasteiger charge is -2.07. The van der Waals surface area contributed by atoms with Gasteiger partial charge < -0.3 is 4.57 Å². The van der Waals surface area contributed by atoms with Crippen molar-refractivity contribution in [2.45, 2.75) is 45.3 Å². The standard InChI is InChI=1S/C12H18N4S2/c1-5-6-7-16-11(14-15-12(16)17-4)10-8(2)13-9(3)18-10/h5-7H2,1-4H3. The van der Waals surface area contributed by atoms with E-state index in [-0.39, 0.29) is 0 Å². The van der Waals surface area contributed by atoms with Crippen LogP contribution in [0.3, 0.4) is 0 Å². The molecule has 0 atom stereocenters. The molecule has 4 nitrogen and oxygen atoms in total. The van der Waals surface area contributed by atoms with Crippen LogP contribution in [0.15, 0.2) is 5.16 Å². The smallest absolute Gasteiger partial charge is 0.191 e. The maximum absolute atomic E-state index is 4.47. The summed E-state index contributed by atoms with van der Waals surface area (Å²) in [4.78, 5) is 5.62. The highest BCUT2D eigenvalue weighted by molar-refractivity contribution is 7.98. The molecule has 0 aliphatic carbocycles. The first-order valence-corrected chi connectivity index (χ1v) is 8.13. The molecule has 18 heavy (non-hydrogen) atoms. The minimum Gasteiger partial charge on any atom is -0.301 e. The van der Waals surface area contributed by atoms with Crippen LogP contribution < -0.4 is 0 Å². The molecule has 0 unspecified atom stereocenters. The van der Waals surface area contributed by atoms with Gasteiger partial charge in [-0.1, -0.05) is 25.1 Å². The zero-order valence-electron chi connectivity index (χ0n) is 11.2. The number of aromatic nitrogens is 4. The van der Waals surface area contributed by atoms with E-state index in [0.717, 1.165) is 39.5 Å². The summed E-state index contributed by atoms with van der Waals surface area (Å²) in [5, 5.41) is 10.7. The fourth-order valence-corrected chi connectivity index (χ4v) is 3.30. The summed E-state index contributed by atoms with van der Waals surface area (Å²) in [6.07, 6.45) is 4.36. The van der Waals surface area contributed by atoms with Gasteiger partial charge in [0.15, 0.2) is 11.0 Å². The molecule has 98 valence electrons. The van der Waals surface area contributed by atoms with Gasteiger partial charge in [0.05, 0.1) is 15.6 Å². The maximum atomic E-state index is 4.47. The second kappa shape index (κ2) is 5.84. The molecule has 0 saturated carbocycles. The van der Waals surface area contributed by atoms with E-state index in [1.807, 2.05) is 20.1 Å². The Morgan fingerprint density at radius 3 is 2.61 bits per heavy atom. The van der Waals surface area contributed by atoms with Crippen LogP contribution in [0, 0.1) is 13.8 Å². The van der Waals surface area contributed by atoms with E-state index in [9.17, 15) is 0 Å². The van der Waals surface area contributed by atoms with Gasteiger partial charge in [-0.05, 0) is 26.5 Å². The Hall–Kier alpha value is -0.880. The van der Waals surface area contributed by atoms with Crippen LogP contribution in [0.2, 0.25) is 0 Å². The number of rotatable bonds is 5. The van der Waals surface area contributed by atoms with Gasteiger partial charge >= 0.3 is 0 Å². The summed E-state index contributed by atoms with van der Waals surface area (Å²) in [5.74, 6) is 0.968. The Bertz CT molecular complexity index is 530. The highest BCUT2D eigenvalue weighted by atomic mass is 32.2. The van der Waals surface area contributed by atoms with E-state index in [4.69, 9.17) is 0 Å². The van der Waals surface area contributed by atoms with E-state index >= 15 is 0 Å². The third-order valence-corrected chi connectivity index (χ3v) is 4.48. The molecular formula is C12H18N4S2. The molecule has 0 aliphatic rings. The third kappa shape index (κ3) is 2.59. The van der Waals surface area contributed by atoms with E-state index in [0.29, 0.717) is 0 Å². The number of thioether (sulfide) groups is 1. The van der Waals surface area contributed by atoms with Crippen LogP contribution in [0.4, 0.5) is 0 Å². The van der Waals surface area contributed by atoms with Gasteiger partial charge in [-0.15, -0.1) is 21.5 Å². The van der Waals surface area contributed by atoms with Crippen molar-refractivity contribution in [3.8, 4) is 10.7 Å². The van der Waals surface area contributed by atoms with Crippen molar-refractivity contribution in [1.82, 2.24) is 19.7 Å². The lowest BCUT2D eigenvalue weighted by molar-refractivity contribution is 0.592. The van der Waals surface area contributed by atoms with Gasteiger partial charge in [-0.3, -0.25) is 0 Å². The zero-order valence-corrected chi connectivity index (χ0v) is 12.9. The summed E-state index contributed by atoms with van der Waals surface area (Å²) in [6, 6.07) is 0. The molecule has 0 radical (unpaired) electrons. The van der Waals surface area contributed by atoms with Crippen molar-refractivity contribution >= 4 is 23.1 Å². The Kier molecular flexibility index (Phi) is 4.40. The molecule has 0 aromatic carbocycles. The first kappa shape index (κ1) is 13.5. The van der Waals surface area contributed by atoms with Crippen molar-refractivity contribution in [2.75, 3.05) is 6.26 Å². The summed E-state index contributed by atoms with van der Waals surface area (Å²) in [6.45, 7) is 7.25. The molecule has 0 saturated heterocycles. The van der Waals surface area contributed by atoms with Gasteiger partial charge in [0.25, 0.3) is 0 Å². The average Bonchev–Trinajstić information content (AvgIpc) is 2.89. The van der Waals surface area contributed by atoms with Gasteiger partial charge in [0.1, 0.15) is 0 Å². The van der Waals surface area contributed by atoms with Crippen LogP contribution in [0.1, 0.15) is 30.5 Å². The Balaban J connectivity index is 2.43. The quantitative estimate of drug-likeness (QED) is 0.787. The largest absolute Gasteiger partial charge is 0.301 e. The second-order valence-electron chi connectivity index (χ2n) is 4.16. The second-order valence-corrected chi connectivity index (χ2v) is 6.14. The van der Waals surface area contributed by atoms with Gasteiger partial charge in [0.2, 0.25) is 0 Å². The van der Waals surface area contributed by atoms with Crippen molar-refractivity contribution in [2.24, 2.45) is 0 Å². The lowest BCUT2D eigenvalue weighted by Crippen LogP contribution is -2.02. The highest BCUT2D eigenvalue weighted by Gasteiger charge is 2.17. The van der Waals surface area contributed by atoms with Crippen molar-refractivity contribution in [3.63, 3.8) is 0 Å². The van der Waals surface area contributed by atoms with Crippen molar-refractivity contribution < 1.29 is 0 Å². The van der Waals surface area contributed by atoms with Gasteiger partial charge in [-0.2, -0.15) is 0 Å². The Morgan fingerprint density at radius 1 is 1.28 bits per heavy atom. The van der Waals surface area contributed by atoms with Crippen LogP contribution in [0.5, 0.6) is 0 Å². The van der Waals surface area contributed by atoms with Crippen LogP contribution in [-0.4, -0.2) is 26.0 Å². The zero-order chi connectivity index (χ0) is 13.1. The van der Waals surface area contributed by atoms with E-state index in [1.54, 1.807) is 23.1 Å². The number of unbranched alkanes of at least 4 members (excludes halogenated alkanes) is 1. The molecule has 2 aromatic rings. The predicted octanol–water partition coefficient (Wildman–Crippen LogP) is 3.54. The lowest BCUT2D eigenvalue weighted by atomic mass is 10.3. The Morgan fingerprint density at radius 2 is 2.06 bits per heavy atom. The molecule has 0 aliphatic heterocycles.